The lowest BCUT2D eigenvalue weighted by Crippen LogP contribution is -2.31. The van der Waals surface area contributed by atoms with Crippen molar-refractivity contribution < 1.29 is 18.3 Å². The summed E-state index contributed by atoms with van der Waals surface area (Å²) in [7, 11) is -3.91. The average Bonchev–Trinajstić information content (AvgIpc) is 2.86. The molecule has 1 aromatic carbocycles. The molecule has 35 heavy (non-hydrogen) atoms. The molecule has 0 bridgehead atoms. The number of nitrogens with one attached hydrogen (secondary N) is 2. The number of anilines is 1. The zero-order valence-corrected chi connectivity index (χ0v) is 20.7. The Kier molecular flexibility index (Phi) is 9.75. The number of pyridine rings is 2. The molecule has 0 aliphatic rings. The molecule has 3 aromatic rings. The van der Waals surface area contributed by atoms with Gasteiger partial charge in [0.15, 0.2) is 5.03 Å². The second-order valence-corrected chi connectivity index (χ2v) is 10.0. The fourth-order valence-corrected chi connectivity index (χ4v) is 4.93. The van der Waals surface area contributed by atoms with Crippen LogP contribution in [0.4, 0.5) is 5.82 Å². The number of benzene rings is 1. The highest BCUT2D eigenvalue weighted by Gasteiger charge is 2.24. The SMILES string of the molecule is CCCCCCc1cccc(CC(NS(=O)(=O)c2ccccn2)c2cccc(NCC(=O)O)n2)c1. The van der Waals surface area contributed by atoms with Crippen LogP contribution in [-0.4, -0.2) is 36.0 Å². The Labute approximate surface area is 206 Å². The van der Waals surface area contributed by atoms with E-state index in [9.17, 15) is 13.2 Å². The first-order valence-corrected chi connectivity index (χ1v) is 13.3. The highest BCUT2D eigenvalue weighted by atomic mass is 32.2. The molecule has 8 nitrogen and oxygen atoms in total. The minimum absolute atomic E-state index is 0.0742. The van der Waals surface area contributed by atoms with Gasteiger partial charge < -0.3 is 10.4 Å². The van der Waals surface area contributed by atoms with Crippen molar-refractivity contribution in [3.63, 3.8) is 0 Å². The predicted octanol–water partition coefficient (Wildman–Crippen LogP) is 4.36. The van der Waals surface area contributed by atoms with Gasteiger partial charge in [-0.1, -0.05) is 62.6 Å². The molecular weight excluding hydrogens is 464 g/mol. The van der Waals surface area contributed by atoms with Gasteiger partial charge in [-0.25, -0.2) is 23.1 Å². The van der Waals surface area contributed by atoms with Crippen molar-refractivity contribution in [2.45, 2.75) is 56.5 Å². The van der Waals surface area contributed by atoms with Crippen LogP contribution < -0.4 is 10.0 Å². The first-order chi connectivity index (χ1) is 16.9. The minimum atomic E-state index is -3.91. The van der Waals surface area contributed by atoms with Crippen molar-refractivity contribution in [1.29, 1.82) is 0 Å². The van der Waals surface area contributed by atoms with Gasteiger partial charge in [0.05, 0.1) is 11.7 Å². The van der Waals surface area contributed by atoms with Gasteiger partial charge in [0.25, 0.3) is 10.0 Å². The normalized spacial score (nSPS) is 12.3. The molecule has 0 aliphatic heterocycles. The lowest BCUT2D eigenvalue weighted by atomic mass is 9.99. The Bertz CT molecular complexity index is 1200. The number of rotatable bonds is 14. The largest absolute Gasteiger partial charge is 0.480 e. The Morgan fingerprint density at radius 1 is 1.00 bits per heavy atom. The summed E-state index contributed by atoms with van der Waals surface area (Å²) in [5, 5.41) is 11.6. The molecule has 0 saturated heterocycles. The van der Waals surface area contributed by atoms with Crippen LogP contribution in [0.15, 0.2) is 71.9 Å². The summed E-state index contributed by atoms with van der Waals surface area (Å²) in [6.07, 6.45) is 7.50. The van der Waals surface area contributed by atoms with Gasteiger partial charge in [0.1, 0.15) is 12.4 Å². The van der Waals surface area contributed by atoms with Crippen molar-refractivity contribution in [1.82, 2.24) is 14.7 Å². The van der Waals surface area contributed by atoms with Gasteiger partial charge in [-0.3, -0.25) is 4.79 Å². The molecule has 2 heterocycles. The maximum atomic E-state index is 13.1. The van der Waals surface area contributed by atoms with Crippen molar-refractivity contribution in [3.8, 4) is 0 Å². The summed E-state index contributed by atoms with van der Waals surface area (Å²) in [6.45, 7) is 1.90. The van der Waals surface area contributed by atoms with E-state index in [0.29, 0.717) is 17.9 Å². The number of carbonyl (C=O) groups is 1. The van der Waals surface area contributed by atoms with Gasteiger partial charge in [-0.15, -0.1) is 0 Å². The molecular formula is C26H32N4O4S. The highest BCUT2D eigenvalue weighted by molar-refractivity contribution is 7.89. The summed E-state index contributed by atoms with van der Waals surface area (Å²) in [4.78, 5) is 19.4. The molecule has 1 unspecified atom stereocenters. The van der Waals surface area contributed by atoms with E-state index in [4.69, 9.17) is 5.11 Å². The van der Waals surface area contributed by atoms with E-state index in [0.717, 1.165) is 18.4 Å². The number of hydrogen-bond donors (Lipinski definition) is 3. The van der Waals surface area contributed by atoms with Crippen LogP contribution in [0.3, 0.4) is 0 Å². The number of hydrogen-bond acceptors (Lipinski definition) is 6. The van der Waals surface area contributed by atoms with Gasteiger partial charge in [-0.2, -0.15) is 0 Å². The highest BCUT2D eigenvalue weighted by Crippen LogP contribution is 2.22. The van der Waals surface area contributed by atoms with Gasteiger partial charge in [0.2, 0.25) is 0 Å². The monoisotopic (exact) mass is 496 g/mol. The van der Waals surface area contributed by atoms with Crippen LogP contribution in [0.2, 0.25) is 0 Å². The zero-order chi connectivity index (χ0) is 25.1. The quantitative estimate of drug-likeness (QED) is 0.284. The Balaban J connectivity index is 1.86. The van der Waals surface area contributed by atoms with Crippen LogP contribution in [0.5, 0.6) is 0 Å². The van der Waals surface area contributed by atoms with E-state index in [1.165, 1.54) is 37.1 Å². The third-order valence-electron chi connectivity index (χ3n) is 5.51. The lowest BCUT2D eigenvalue weighted by molar-refractivity contribution is -0.134. The molecule has 0 fully saturated rings. The third kappa shape index (κ3) is 8.45. The maximum Gasteiger partial charge on any atom is 0.322 e. The number of carboxylic acids is 1. The Hall–Kier alpha value is -3.30. The number of aliphatic carboxylic acids is 1. The first-order valence-electron chi connectivity index (χ1n) is 11.8. The maximum absolute atomic E-state index is 13.1. The summed E-state index contributed by atoms with van der Waals surface area (Å²) in [5.74, 6) is -0.656. The molecule has 0 saturated carbocycles. The van der Waals surface area contributed by atoms with Crippen LogP contribution in [0, 0.1) is 0 Å². The van der Waals surface area contributed by atoms with E-state index in [-0.39, 0.29) is 11.6 Å². The van der Waals surface area contributed by atoms with Crippen molar-refractivity contribution >= 4 is 21.8 Å². The Morgan fingerprint density at radius 3 is 2.54 bits per heavy atom. The fourth-order valence-electron chi connectivity index (χ4n) is 3.77. The number of sulfonamides is 1. The van der Waals surface area contributed by atoms with Crippen LogP contribution in [0.1, 0.15) is 55.5 Å². The smallest absolute Gasteiger partial charge is 0.322 e. The van der Waals surface area contributed by atoms with E-state index in [1.54, 1.807) is 30.3 Å². The van der Waals surface area contributed by atoms with Crippen LogP contribution >= 0.6 is 0 Å². The van der Waals surface area contributed by atoms with E-state index in [2.05, 4.69) is 39.1 Å². The standard InChI is InChI=1S/C26H32N4O4S/c1-2-3-4-5-10-20-11-8-12-21(17-20)18-23(30-35(33,34)25-15-6-7-16-27-25)22-13-9-14-24(29-22)28-19-26(31)32/h6-9,11-17,23,30H,2-5,10,18-19H2,1H3,(H,28,29)(H,31,32). The minimum Gasteiger partial charge on any atom is -0.480 e. The van der Waals surface area contributed by atoms with Gasteiger partial charge in [-0.05, 0) is 54.7 Å². The summed E-state index contributed by atoms with van der Waals surface area (Å²) >= 11 is 0. The van der Waals surface area contributed by atoms with Crippen molar-refractivity contribution in [2.75, 3.05) is 11.9 Å². The van der Waals surface area contributed by atoms with Crippen molar-refractivity contribution in [3.05, 3.63) is 83.7 Å². The first kappa shape index (κ1) is 26.3. The predicted molar refractivity (Wildman–Crippen MR) is 136 cm³/mol. The summed E-state index contributed by atoms with van der Waals surface area (Å²) in [5.41, 5.74) is 2.68. The molecule has 0 aliphatic carbocycles. The molecule has 0 radical (unpaired) electrons. The van der Waals surface area contributed by atoms with E-state index < -0.39 is 22.0 Å². The fraction of sp³-hybridized carbons (Fsp3) is 0.346. The molecule has 186 valence electrons. The number of aryl methyl sites for hydroxylation is 1. The topological polar surface area (TPSA) is 121 Å². The number of unbranched alkanes of at least 4 members (excludes halogenated alkanes) is 3. The number of nitrogens with zero attached hydrogens (tertiary/aromatic N) is 2. The van der Waals surface area contributed by atoms with Gasteiger partial charge in [0, 0.05) is 6.20 Å². The number of aromatic nitrogens is 2. The molecule has 0 spiro atoms. The van der Waals surface area contributed by atoms with Crippen LogP contribution in [-0.2, 0) is 27.7 Å². The second kappa shape index (κ2) is 13.0. The molecule has 2 aromatic heterocycles. The van der Waals surface area contributed by atoms with E-state index in [1.807, 2.05) is 12.1 Å². The van der Waals surface area contributed by atoms with E-state index >= 15 is 0 Å². The second-order valence-electron chi connectivity index (χ2n) is 8.37. The third-order valence-corrected chi connectivity index (χ3v) is 6.90. The Morgan fingerprint density at radius 2 is 1.80 bits per heavy atom. The molecule has 3 rings (SSSR count). The molecule has 0 amide bonds. The molecule has 9 heteroatoms. The lowest BCUT2D eigenvalue weighted by Gasteiger charge is -2.19. The summed E-state index contributed by atoms with van der Waals surface area (Å²) < 4.78 is 28.9. The molecule has 3 N–H and O–H groups in total. The average molecular weight is 497 g/mol. The van der Waals surface area contributed by atoms with Crippen molar-refractivity contribution in [2.24, 2.45) is 0 Å². The zero-order valence-electron chi connectivity index (χ0n) is 19.9. The van der Waals surface area contributed by atoms with Gasteiger partial charge >= 0.3 is 5.97 Å². The number of carboxylic acid groups (broad SMARTS) is 1. The summed E-state index contributed by atoms with van der Waals surface area (Å²) in [6, 6.07) is 17.3. The van der Waals surface area contributed by atoms with Crippen LogP contribution in [0.25, 0.3) is 0 Å². The molecule has 1 atom stereocenters.